The van der Waals surface area contributed by atoms with Crippen LogP contribution in [0.2, 0.25) is 0 Å². The smallest absolute Gasteiger partial charge is 0.354 e. The van der Waals surface area contributed by atoms with E-state index in [1.54, 1.807) is 21.5 Å². The molecule has 2 heterocycles. The Kier molecular flexibility index (Phi) is 2.86. The summed E-state index contributed by atoms with van der Waals surface area (Å²) in [7, 11) is 3.19. The molecule has 0 saturated heterocycles. The van der Waals surface area contributed by atoms with Crippen LogP contribution in [-0.4, -0.2) is 27.4 Å². The third-order valence-electron chi connectivity index (χ3n) is 2.41. The third kappa shape index (κ3) is 2.30. The number of esters is 1. The molecule has 0 aliphatic carbocycles. The maximum Gasteiger partial charge on any atom is 0.354 e. The van der Waals surface area contributed by atoms with E-state index in [1.165, 1.54) is 7.11 Å². The number of methoxy groups -OCH3 is 1. The number of ether oxygens (including phenoxy) is 1. The number of nitrogens with zero attached hydrogens (tertiary/aromatic N) is 3. The van der Waals surface area contributed by atoms with Gasteiger partial charge in [0.2, 0.25) is 0 Å². The standard InChI is InChI=1S/C11H14N4O2/c1-14-4-3-9(13-14)7-15-6-8(12)5-10(15)11(16)17-2/h3-6H,7,12H2,1-2H3. The molecule has 0 amide bonds. The number of nitrogen functional groups attached to an aromatic ring is 1. The van der Waals surface area contributed by atoms with Crippen molar-refractivity contribution in [1.29, 1.82) is 0 Å². The highest BCUT2D eigenvalue weighted by Crippen LogP contribution is 2.13. The van der Waals surface area contributed by atoms with E-state index in [0.717, 1.165) is 5.69 Å². The lowest BCUT2D eigenvalue weighted by Crippen LogP contribution is -2.11. The average molecular weight is 234 g/mol. The second kappa shape index (κ2) is 4.32. The molecule has 0 unspecified atom stereocenters. The molecule has 2 rings (SSSR count). The summed E-state index contributed by atoms with van der Waals surface area (Å²) in [5, 5.41) is 4.24. The van der Waals surface area contributed by atoms with Gasteiger partial charge in [-0.15, -0.1) is 0 Å². The van der Waals surface area contributed by atoms with Gasteiger partial charge in [0.25, 0.3) is 0 Å². The van der Waals surface area contributed by atoms with E-state index in [0.29, 0.717) is 17.9 Å². The SMILES string of the molecule is COC(=O)c1cc(N)cn1Cc1ccn(C)n1. The third-order valence-corrected chi connectivity index (χ3v) is 2.41. The van der Waals surface area contributed by atoms with Crippen LogP contribution in [0.4, 0.5) is 5.69 Å². The van der Waals surface area contributed by atoms with Crippen LogP contribution < -0.4 is 5.73 Å². The van der Waals surface area contributed by atoms with Crippen molar-refractivity contribution < 1.29 is 9.53 Å². The van der Waals surface area contributed by atoms with E-state index in [4.69, 9.17) is 10.5 Å². The van der Waals surface area contributed by atoms with Crippen LogP contribution in [0.1, 0.15) is 16.2 Å². The number of hydrogen-bond acceptors (Lipinski definition) is 4. The molecular weight excluding hydrogens is 220 g/mol. The number of hydrogen-bond donors (Lipinski definition) is 1. The summed E-state index contributed by atoms with van der Waals surface area (Å²) in [4.78, 5) is 11.5. The Morgan fingerprint density at radius 2 is 2.35 bits per heavy atom. The molecule has 90 valence electrons. The summed E-state index contributed by atoms with van der Waals surface area (Å²) in [6.45, 7) is 0.489. The van der Waals surface area contributed by atoms with Gasteiger partial charge in [0.1, 0.15) is 5.69 Å². The number of aromatic nitrogens is 3. The number of nitrogens with two attached hydrogens (primary N) is 1. The van der Waals surface area contributed by atoms with Crippen molar-refractivity contribution in [1.82, 2.24) is 14.3 Å². The van der Waals surface area contributed by atoms with Gasteiger partial charge in [-0.25, -0.2) is 4.79 Å². The maximum atomic E-state index is 11.5. The first kappa shape index (κ1) is 11.3. The molecule has 17 heavy (non-hydrogen) atoms. The van der Waals surface area contributed by atoms with Gasteiger partial charge >= 0.3 is 5.97 Å². The maximum absolute atomic E-state index is 11.5. The zero-order valence-electron chi connectivity index (χ0n) is 9.75. The van der Waals surface area contributed by atoms with Crippen LogP contribution in [0.3, 0.4) is 0 Å². The van der Waals surface area contributed by atoms with Crippen LogP contribution >= 0.6 is 0 Å². The molecule has 0 spiro atoms. The Labute approximate surface area is 98.6 Å². The molecule has 0 aliphatic rings. The zero-order valence-corrected chi connectivity index (χ0v) is 9.75. The lowest BCUT2D eigenvalue weighted by molar-refractivity contribution is 0.0589. The fourth-order valence-corrected chi connectivity index (χ4v) is 1.66. The van der Waals surface area contributed by atoms with Gasteiger partial charge in [-0.1, -0.05) is 0 Å². The van der Waals surface area contributed by atoms with Gasteiger partial charge in [0, 0.05) is 19.4 Å². The molecular formula is C11H14N4O2. The van der Waals surface area contributed by atoms with Crippen molar-refractivity contribution in [3.8, 4) is 0 Å². The molecule has 2 N–H and O–H groups in total. The fourth-order valence-electron chi connectivity index (χ4n) is 1.66. The van der Waals surface area contributed by atoms with E-state index < -0.39 is 5.97 Å². The van der Waals surface area contributed by atoms with E-state index >= 15 is 0 Å². The molecule has 0 radical (unpaired) electrons. The van der Waals surface area contributed by atoms with E-state index in [2.05, 4.69) is 5.10 Å². The second-order valence-electron chi connectivity index (χ2n) is 3.76. The lowest BCUT2D eigenvalue weighted by atomic mass is 10.4. The van der Waals surface area contributed by atoms with Gasteiger partial charge in [0.15, 0.2) is 0 Å². The van der Waals surface area contributed by atoms with Crippen molar-refractivity contribution in [2.75, 3.05) is 12.8 Å². The second-order valence-corrected chi connectivity index (χ2v) is 3.76. The fraction of sp³-hybridized carbons (Fsp3) is 0.273. The highest BCUT2D eigenvalue weighted by Gasteiger charge is 2.13. The van der Waals surface area contributed by atoms with Crippen LogP contribution in [0.25, 0.3) is 0 Å². The Bertz CT molecular complexity index is 541. The van der Waals surface area contributed by atoms with Crippen LogP contribution in [-0.2, 0) is 18.3 Å². The van der Waals surface area contributed by atoms with Crippen molar-refractivity contribution in [3.05, 3.63) is 35.9 Å². The molecule has 0 bridgehead atoms. The number of carbonyl (C=O) groups is 1. The summed E-state index contributed by atoms with van der Waals surface area (Å²) >= 11 is 0. The van der Waals surface area contributed by atoms with Gasteiger partial charge in [-0.3, -0.25) is 4.68 Å². The summed E-state index contributed by atoms with van der Waals surface area (Å²) in [6, 6.07) is 3.48. The number of aryl methyl sites for hydroxylation is 1. The number of rotatable bonds is 3. The Balaban J connectivity index is 2.29. The Hall–Kier alpha value is -2.24. The largest absolute Gasteiger partial charge is 0.464 e. The predicted octanol–water partition coefficient (Wildman–Crippen LogP) is 0.639. The Morgan fingerprint density at radius 1 is 1.59 bits per heavy atom. The minimum Gasteiger partial charge on any atom is -0.464 e. The van der Waals surface area contributed by atoms with Crippen molar-refractivity contribution in [2.45, 2.75) is 6.54 Å². The molecule has 0 aliphatic heterocycles. The van der Waals surface area contributed by atoms with Gasteiger partial charge in [-0.2, -0.15) is 5.10 Å². The van der Waals surface area contributed by atoms with E-state index in [9.17, 15) is 4.79 Å². The average Bonchev–Trinajstić information content (AvgIpc) is 2.85. The van der Waals surface area contributed by atoms with Gasteiger partial charge < -0.3 is 15.0 Å². The summed E-state index contributed by atoms with van der Waals surface area (Å²) in [5.74, 6) is -0.405. The quantitative estimate of drug-likeness (QED) is 0.791. The minimum atomic E-state index is -0.405. The van der Waals surface area contributed by atoms with Crippen molar-refractivity contribution >= 4 is 11.7 Å². The highest BCUT2D eigenvalue weighted by molar-refractivity contribution is 5.89. The first-order chi connectivity index (χ1) is 8.10. The number of carbonyl (C=O) groups excluding carboxylic acids is 1. The minimum absolute atomic E-state index is 0.405. The van der Waals surface area contributed by atoms with Gasteiger partial charge in [0.05, 0.1) is 25.0 Å². The van der Waals surface area contributed by atoms with E-state index in [1.807, 2.05) is 19.3 Å². The van der Waals surface area contributed by atoms with Crippen LogP contribution in [0, 0.1) is 0 Å². The molecule has 0 aromatic carbocycles. The predicted molar refractivity (Wildman–Crippen MR) is 62.5 cm³/mol. The summed E-state index contributed by atoms with van der Waals surface area (Å²) in [6.07, 6.45) is 3.54. The first-order valence-electron chi connectivity index (χ1n) is 5.12. The lowest BCUT2D eigenvalue weighted by Gasteiger charge is -2.05. The monoisotopic (exact) mass is 234 g/mol. The molecule has 0 saturated carbocycles. The molecule has 6 heteroatoms. The summed E-state index contributed by atoms with van der Waals surface area (Å²) in [5.41, 5.74) is 7.49. The molecule has 6 nitrogen and oxygen atoms in total. The van der Waals surface area contributed by atoms with E-state index in [-0.39, 0.29) is 0 Å². The van der Waals surface area contributed by atoms with Crippen molar-refractivity contribution in [3.63, 3.8) is 0 Å². The molecule has 0 atom stereocenters. The van der Waals surface area contributed by atoms with Crippen LogP contribution in [0.5, 0.6) is 0 Å². The molecule has 0 fully saturated rings. The van der Waals surface area contributed by atoms with Crippen LogP contribution in [0.15, 0.2) is 24.5 Å². The van der Waals surface area contributed by atoms with Crippen molar-refractivity contribution in [2.24, 2.45) is 7.05 Å². The molecule has 2 aromatic rings. The topological polar surface area (TPSA) is 75.1 Å². The van der Waals surface area contributed by atoms with Gasteiger partial charge in [-0.05, 0) is 12.1 Å². The Morgan fingerprint density at radius 3 is 2.94 bits per heavy atom. The summed E-state index contributed by atoms with van der Waals surface area (Å²) < 4.78 is 8.13. The normalized spacial score (nSPS) is 10.5. The zero-order chi connectivity index (χ0) is 12.4. The highest BCUT2D eigenvalue weighted by atomic mass is 16.5. The first-order valence-corrected chi connectivity index (χ1v) is 5.12. The molecule has 2 aromatic heterocycles. The number of anilines is 1.